The predicted octanol–water partition coefficient (Wildman–Crippen LogP) is 12.0. The fourth-order valence-corrected chi connectivity index (χ4v) is 8.15. The van der Waals surface area contributed by atoms with Crippen molar-refractivity contribution in [3.05, 3.63) is 108 Å². The average molecular weight is 511 g/mol. The lowest BCUT2D eigenvalue weighted by Gasteiger charge is -2.20. The third-order valence-electron chi connectivity index (χ3n) is 9.59. The van der Waals surface area contributed by atoms with E-state index in [1.54, 1.807) is 0 Å². The molecule has 0 aromatic heterocycles. The van der Waals surface area contributed by atoms with Gasteiger partial charge in [-0.25, -0.2) is 0 Å². The number of fused-ring (bicyclic) bond motifs is 9. The van der Waals surface area contributed by atoms with E-state index in [-0.39, 0.29) is 0 Å². The Balaban J connectivity index is 1.60. The van der Waals surface area contributed by atoms with Crippen molar-refractivity contribution in [1.82, 2.24) is 0 Å². The SMILES string of the molecule is CC(C)c1c2cc3c(cc2c(C(C)C)c2c4cccc5cccc(c12)c54)c1cc2ccccc2c2cccc3c21. The molecule has 0 heteroatoms. The molecule has 9 rings (SSSR count). The van der Waals surface area contributed by atoms with Crippen molar-refractivity contribution in [2.75, 3.05) is 0 Å². The van der Waals surface area contributed by atoms with Gasteiger partial charge in [0.2, 0.25) is 0 Å². The summed E-state index contributed by atoms with van der Waals surface area (Å²) in [7, 11) is 0. The van der Waals surface area contributed by atoms with Crippen LogP contribution >= 0.6 is 0 Å². The highest BCUT2D eigenvalue weighted by Crippen LogP contribution is 2.51. The second-order valence-electron chi connectivity index (χ2n) is 12.4. The van der Waals surface area contributed by atoms with Gasteiger partial charge in [-0.15, -0.1) is 0 Å². The zero-order chi connectivity index (χ0) is 26.9. The summed E-state index contributed by atoms with van der Waals surface area (Å²) in [5.41, 5.74) is 2.99. The Morgan fingerprint density at radius 2 is 0.800 bits per heavy atom. The molecule has 0 fully saturated rings. The highest BCUT2D eigenvalue weighted by molar-refractivity contribution is 6.38. The topological polar surface area (TPSA) is 0 Å². The summed E-state index contributed by atoms with van der Waals surface area (Å²) >= 11 is 0. The standard InChI is InChI=1S/C40H30/c1-21(2)35-33-19-30-27-15-9-14-26-25-13-6-5-10-24(25)18-32(38(26)27)31(30)20-34(33)36(22(3)4)40-29-17-8-12-23-11-7-16-28(37(23)29)39(35)40/h5-22H,1-4H3. The fraction of sp³-hybridized carbons (Fsp3) is 0.150. The minimum absolute atomic E-state index is 0.403. The van der Waals surface area contributed by atoms with Crippen molar-refractivity contribution in [3.8, 4) is 0 Å². The third kappa shape index (κ3) is 2.62. The van der Waals surface area contributed by atoms with E-state index in [0.29, 0.717) is 11.8 Å². The van der Waals surface area contributed by atoms with Gasteiger partial charge in [-0.05, 0) is 127 Å². The number of hydrogen-bond donors (Lipinski definition) is 0. The van der Waals surface area contributed by atoms with Crippen LogP contribution in [0.4, 0.5) is 0 Å². The van der Waals surface area contributed by atoms with E-state index >= 15 is 0 Å². The van der Waals surface area contributed by atoms with Gasteiger partial charge in [0, 0.05) is 0 Å². The molecule has 0 nitrogen and oxygen atoms in total. The Bertz CT molecular complexity index is 2470. The van der Waals surface area contributed by atoms with Crippen molar-refractivity contribution in [1.29, 1.82) is 0 Å². The number of benzene rings is 7. The molecule has 9 aromatic rings. The molecule has 0 unspecified atom stereocenters. The number of hydrogen-bond acceptors (Lipinski definition) is 0. The maximum Gasteiger partial charge on any atom is -0.00199 e. The first-order valence-electron chi connectivity index (χ1n) is 14.7. The molecule has 9 aromatic carbocycles. The van der Waals surface area contributed by atoms with E-state index in [1.165, 1.54) is 97.3 Å². The first-order chi connectivity index (χ1) is 19.5. The van der Waals surface area contributed by atoms with Crippen LogP contribution in [0, 0.1) is 0 Å². The minimum atomic E-state index is 0.403. The maximum absolute atomic E-state index is 2.55. The van der Waals surface area contributed by atoms with Crippen molar-refractivity contribution in [2.24, 2.45) is 0 Å². The molecule has 0 N–H and O–H groups in total. The van der Waals surface area contributed by atoms with Crippen LogP contribution in [0.3, 0.4) is 0 Å². The molecule has 0 atom stereocenters. The van der Waals surface area contributed by atoms with E-state index in [4.69, 9.17) is 0 Å². The predicted molar refractivity (Wildman–Crippen MR) is 177 cm³/mol. The molecular weight excluding hydrogens is 480 g/mol. The van der Waals surface area contributed by atoms with E-state index in [9.17, 15) is 0 Å². The van der Waals surface area contributed by atoms with Crippen LogP contribution < -0.4 is 0 Å². The minimum Gasteiger partial charge on any atom is -0.0616 e. The summed E-state index contributed by atoms with van der Waals surface area (Å²) in [6, 6.07) is 37.0. The lowest BCUT2D eigenvalue weighted by molar-refractivity contribution is 0.875. The molecule has 0 heterocycles. The first-order valence-corrected chi connectivity index (χ1v) is 14.7. The Labute approximate surface area is 233 Å². The van der Waals surface area contributed by atoms with Crippen LogP contribution in [0.2, 0.25) is 0 Å². The second kappa shape index (κ2) is 7.61. The van der Waals surface area contributed by atoms with Gasteiger partial charge in [0.05, 0.1) is 0 Å². The van der Waals surface area contributed by atoms with Gasteiger partial charge in [0.1, 0.15) is 0 Å². The van der Waals surface area contributed by atoms with Crippen LogP contribution in [-0.4, -0.2) is 0 Å². The van der Waals surface area contributed by atoms with Gasteiger partial charge in [0.25, 0.3) is 0 Å². The molecule has 0 bridgehead atoms. The average Bonchev–Trinajstić information content (AvgIpc) is 3.45. The monoisotopic (exact) mass is 510 g/mol. The van der Waals surface area contributed by atoms with Crippen molar-refractivity contribution >= 4 is 86.2 Å². The molecule has 0 aliphatic heterocycles. The molecule has 0 radical (unpaired) electrons. The molecule has 0 aliphatic rings. The largest absolute Gasteiger partial charge is 0.0616 e. The Morgan fingerprint density at radius 1 is 0.325 bits per heavy atom. The molecule has 0 amide bonds. The van der Waals surface area contributed by atoms with Crippen molar-refractivity contribution in [2.45, 2.75) is 39.5 Å². The van der Waals surface area contributed by atoms with Gasteiger partial charge in [-0.1, -0.05) is 107 Å². The summed E-state index contributed by atoms with van der Waals surface area (Å²) in [6.07, 6.45) is 0. The highest BCUT2D eigenvalue weighted by atomic mass is 14.3. The van der Waals surface area contributed by atoms with E-state index in [0.717, 1.165) is 0 Å². The van der Waals surface area contributed by atoms with E-state index in [1.807, 2.05) is 0 Å². The maximum atomic E-state index is 2.55. The smallest absolute Gasteiger partial charge is 0.00199 e. The third-order valence-corrected chi connectivity index (χ3v) is 9.59. The summed E-state index contributed by atoms with van der Waals surface area (Å²) in [5.74, 6) is 0.808. The van der Waals surface area contributed by atoms with Crippen molar-refractivity contribution < 1.29 is 0 Å². The second-order valence-corrected chi connectivity index (χ2v) is 12.4. The lowest BCUT2D eigenvalue weighted by atomic mass is 9.83. The normalized spacial score (nSPS) is 12.9. The Hall–Kier alpha value is -4.42. The van der Waals surface area contributed by atoms with Crippen LogP contribution in [0.15, 0.2) is 97.1 Å². The van der Waals surface area contributed by atoms with Gasteiger partial charge in [-0.2, -0.15) is 0 Å². The van der Waals surface area contributed by atoms with Gasteiger partial charge < -0.3 is 0 Å². The first kappa shape index (κ1) is 22.4. The fourth-order valence-electron chi connectivity index (χ4n) is 8.15. The molecule has 0 aliphatic carbocycles. The molecule has 190 valence electrons. The van der Waals surface area contributed by atoms with Crippen molar-refractivity contribution in [3.63, 3.8) is 0 Å². The Morgan fingerprint density at radius 3 is 1.43 bits per heavy atom. The quantitative estimate of drug-likeness (QED) is 0.203. The summed E-state index contributed by atoms with van der Waals surface area (Å²) in [5, 5.41) is 22.3. The summed E-state index contributed by atoms with van der Waals surface area (Å²) in [6.45, 7) is 9.51. The Kier molecular flexibility index (Phi) is 4.26. The number of rotatable bonds is 2. The zero-order valence-corrected chi connectivity index (χ0v) is 23.4. The zero-order valence-electron chi connectivity index (χ0n) is 23.4. The van der Waals surface area contributed by atoms with E-state index in [2.05, 4.69) is 125 Å². The van der Waals surface area contributed by atoms with Crippen LogP contribution in [0.25, 0.3) is 86.2 Å². The molecule has 0 saturated heterocycles. The van der Waals surface area contributed by atoms with E-state index < -0.39 is 0 Å². The summed E-state index contributed by atoms with van der Waals surface area (Å²) < 4.78 is 0. The van der Waals surface area contributed by atoms with Crippen LogP contribution in [0.5, 0.6) is 0 Å². The van der Waals surface area contributed by atoms with Gasteiger partial charge in [-0.3, -0.25) is 0 Å². The highest BCUT2D eigenvalue weighted by Gasteiger charge is 2.25. The molecule has 0 saturated carbocycles. The molecule has 0 spiro atoms. The van der Waals surface area contributed by atoms with Crippen LogP contribution in [0.1, 0.15) is 50.7 Å². The van der Waals surface area contributed by atoms with Crippen LogP contribution in [-0.2, 0) is 0 Å². The van der Waals surface area contributed by atoms with Gasteiger partial charge in [0.15, 0.2) is 0 Å². The molecule has 40 heavy (non-hydrogen) atoms. The van der Waals surface area contributed by atoms with Gasteiger partial charge >= 0.3 is 0 Å². The summed E-state index contributed by atoms with van der Waals surface area (Å²) in [4.78, 5) is 0. The lowest BCUT2D eigenvalue weighted by Crippen LogP contribution is -1.98. The molecular formula is C40H30.